The second kappa shape index (κ2) is 8.07. The predicted octanol–water partition coefficient (Wildman–Crippen LogP) is 2.10. The van der Waals surface area contributed by atoms with Crippen LogP contribution >= 0.6 is 0 Å². The van der Waals surface area contributed by atoms with Crippen LogP contribution in [0.3, 0.4) is 0 Å². The molecule has 1 aliphatic rings. The summed E-state index contributed by atoms with van der Waals surface area (Å²) in [4.78, 5) is 39.5. The molecule has 8 heteroatoms. The Balaban J connectivity index is 1.84. The number of methoxy groups -OCH3 is 1. The quantitative estimate of drug-likeness (QED) is 0.869. The number of rotatable bonds is 2. The van der Waals surface area contributed by atoms with E-state index in [-0.39, 0.29) is 0 Å². The second-order valence-electron chi connectivity index (χ2n) is 6.94. The van der Waals surface area contributed by atoms with E-state index in [4.69, 9.17) is 9.47 Å². The van der Waals surface area contributed by atoms with Crippen LogP contribution in [0.4, 0.5) is 9.59 Å². The number of ether oxygens (including phenoxy) is 2. The van der Waals surface area contributed by atoms with Gasteiger partial charge in [0.15, 0.2) is 0 Å². The summed E-state index contributed by atoms with van der Waals surface area (Å²) in [6.07, 6.45) is -0.396. The Kier molecular flexibility index (Phi) is 6.07. The number of piperazine rings is 1. The summed E-state index contributed by atoms with van der Waals surface area (Å²) in [7, 11) is 1.54. The molecule has 1 heterocycles. The molecule has 0 aromatic heterocycles. The third kappa shape index (κ3) is 5.37. The zero-order chi connectivity index (χ0) is 19.3. The second-order valence-corrected chi connectivity index (χ2v) is 6.94. The average molecular weight is 363 g/mol. The fourth-order valence-electron chi connectivity index (χ4n) is 2.41. The molecule has 8 nitrogen and oxygen atoms in total. The Bertz CT molecular complexity index is 658. The number of urea groups is 1. The Morgan fingerprint density at radius 2 is 1.50 bits per heavy atom. The van der Waals surface area contributed by atoms with Crippen molar-refractivity contribution in [1.82, 2.24) is 15.1 Å². The minimum atomic E-state index is -0.559. The first-order valence-corrected chi connectivity index (χ1v) is 8.42. The van der Waals surface area contributed by atoms with E-state index in [2.05, 4.69) is 5.32 Å². The normalized spacial score (nSPS) is 14.6. The molecule has 0 spiro atoms. The zero-order valence-electron chi connectivity index (χ0n) is 15.6. The number of nitrogens with one attached hydrogen (secondary N) is 1. The lowest BCUT2D eigenvalue weighted by molar-refractivity contribution is 0.0169. The lowest BCUT2D eigenvalue weighted by Gasteiger charge is -2.35. The van der Waals surface area contributed by atoms with Crippen LogP contribution in [0.15, 0.2) is 24.3 Å². The number of hydrogen-bond acceptors (Lipinski definition) is 5. The van der Waals surface area contributed by atoms with E-state index in [9.17, 15) is 14.4 Å². The van der Waals surface area contributed by atoms with Gasteiger partial charge in [0.25, 0.3) is 5.91 Å². The van der Waals surface area contributed by atoms with Crippen LogP contribution < -0.4 is 10.1 Å². The molecule has 0 saturated carbocycles. The third-order valence-corrected chi connectivity index (χ3v) is 3.79. The van der Waals surface area contributed by atoms with Crippen molar-refractivity contribution >= 4 is 18.0 Å². The van der Waals surface area contributed by atoms with Crippen LogP contribution in [0.1, 0.15) is 31.1 Å². The molecule has 0 atom stereocenters. The van der Waals surface area contributed by atoms with Crippen molar-refractivity contribution in [1.29, 1.82) is 0 Å². The average Bonchev–Trinajstić information content (AvgIpc) is 2.60. The molecule has 0 unspecified atom stereocenters. The van der Waals surface area contributed by atoms with Gasteiger partial charge in [-0.1, -0.05) is 0 Å². The standard InChI is InChI=1S/C18H25N3O5/c1-18(2,3)26-17(24)21-11-9-20(10-12-21)16(23)19-15(22)13-5-7-14(25-4)8-6-13/h5-8H,9-12H2,1-4H3,(H,19,22,23). The van der Waals surface area contributed by atoms with Gasteiger partial charge in [-0.15, -0.1) is 0 Å². The van der Waals surface area contributed by atoms with Crippen molar-refractivity contribution in [2.75, 3.05) is 33.3 Å². The van der Waals surface area contributed by atoms with E-state index in [1.807, 2.05) is 0 Å². The maximum absolute atomic E-state index is 12.2. The lowest BCUT2D eigenvalue weighted by Crippen LogP contribution is -2.54. The molecule has 0 radical (unpaired) electrons. The topological polar surface area (TPSA) is 88.2 Å². The van der Waals surface area contributed by atoms with Gasteiger partial charge in [0.05, 0.1) is 7.11 Å². The van der Waals surface area contributed by atoms with E-state index in [1.165, 1.54) is 12.0 Å². The summed E-state index contributed by atoms with van der Waals surface area (Å²) in [5.41, 5.74) is -0.192. The molecule has 1 aliphatic heterocycles. The van der Waals surface area contributed by atoms with Crippen LogP contribution in [-0.2, 0) is 4.74 Å². The zero-order valence-corrected chi connectivity index (χ0v) is 15.6. The first kappa shape index (κ1) is 19.6. The van der Waals surface area contributed by atoms with Crippen LogP contribution in [0.5, 0.6) is 5.75 Å². The maximum atomic E-state index is 12.2. The third-order valence-electron chi connectivity index (χ3n) is 3.79. The molecule has 1 aromatic carbocycles. The van der Waals surface area contributed by atoms with Gasteiger partial charge in [-0.3, -0.25) is 10.1 Å². The van der Waals surface area contributed by atoms with Gasteiger partial charge in [-0.2, -0.15) is 0 Å². The molecular weight excluding hydrogens is 338 g/mol. The lowest BCUT2D eigenvalue weighted by atomic mass is 10.2. The Hall–Kier alpha value is -2.77. The predicted molar refractivity (Wildman–Crippen MR) is 95.2 cm³/mol. The number of amides is 4. The van der Waals surface area contributed by atoms with Gasteiger partial charge in [-0.05, 0) is 45.0 Å². The molecule has 26 heavy (non-hydrogen) atoms. The van der Waals surface area contributed by atoms with Gasteiger partial charge in [0.1, 0.15) is 11.4 Å². The van der Waals surface area contributed by atoms with Crippen LogP contribution in [0.25, 0.3) is 0 Å². The highest BCUT2D eigenvalue weighted by Gasteiger charge is 2.28. The Labute approximate surface area is 153 Å². The molecule has 1 saturated heterocycles. The fourth-order valence-corrected chi connectivity index (χ4v) is 2.41. The number of imide groups is 1. The van der Waals surface area contributed by atoms with Crippen molar-refractivity contribution < 1.29 is 23.9 Å². The molecule has 0 bridgehead atoms. The Morgan fingerprint density at radius 1 is 0.962 bits per heavy atom. The van der Waals surface area contributed by atoms with E-state index in [0.717, 1.165) is 0 Å². The number of hydrogen-bond donors (Lipinski definition) is 1. The number of nitrogens with zero attached hydrogens (tertiary/aromatic N) is 2. The molecule has 1 fully saturated rings. The highest BCUT2D eigenvalue weighted by Crippen LogP contribution is 2.13. The monoisotopic (exact) mass is 363 g/mol. The molecule has 2 rings (SSSR count). The van der Waals surface area contributed by atoms with Crippen molar-refractivity contribution in [3.8, 4) is 5.75 Å². The largest absolute Gasteiger partial charge is 0.497 e. The van der Waals surface area contributed by atoms with E-state index in [1.54, 1.807) is 49.9 Å². The summed E-state index contributed by atoms with van der Waals surface area (Å²) in [5, 5.41) is 2.36. The van der Waals surface area contributed by atoms with Gasteiger partial charge in [0, 0.05) is 31.7 Å². The fraction of sp³-hybridized carbons (Fsp3) is 0.500. The highest BCUT2D eigenvalue weighted by atomic mass is 16.6. The number of carbonyl (C=O) groups excluding carboxylic acids is 3. The van der Waals surface area contributed by atoms with Crippen molar-refractivity contribution in [3.63, 3.8) is 0 Å². The maximum Gasteiger partial charge on any atom is 0.410 e. The molecule has 1 aromatic rings. The number of carbonyl (C=O) groups is 3. The summed E-state index contributed by atoms with van der Waals surface area (Å²) >= 11 is 0. The Morgan fingerprint density at radius 3 is 2.00 bits per heavy atom. The van der Waals surface area contributed by atoms with Gasteiger partial charge < -0.3 is 19.3 Å². The van der Waals surface area contributed by atoms with E-state index in [0.29, 0.717) is 37.5 Å². The first-order chi connectivity index (χ1) is 12.2. The molecular formula is C18H25N3O5. The van der Waals surface area contributed by atoms with Crippen LogP contribution in [0.2, 0.25) is 0 Å². The highest BCUT2D eigenvalue weighted by molar-refractivity contribution is 6.04. The van der Waals surface area contributed by atoms with Crippen LogP contribution in [-0.4, -0.2) is 66.7 Å². The first-order valence-electron chi connectivity index (χ1n) is 8.42. The molecule has 1 N–H and O–H groups in total. The van der Waals surface area contributed by atoms with Crippen molar-refractivity contribution in [2.24, 2.45) is 0 Å². The minimum absolute atomic E-state index is 0.334. The molecule has 142 valence electrons. The van der Waals surface area contributed by atoms with Gasteiger partial charge >= 0.3 is 12.1 Å². The molecule has 4 amide bonds. The van der Waals surface area contributed by atoms with E-state index < -0.39 is 23.6 Å². The SMILES string of the molecule is COc1ccc(C(=O)NC(=O)N2CCN(C(=O)OC(C)(C)C)CC2)cc1. The van der Waals surface area contributed by atoms with Gasteiger partial charge in [-0.25, -0.2) is 9.59 Å². The van der Waals surface area contributed by atoms with Crippen LogP contribution in [0, 0.1) is 0 Å². The summed E-state index contributed by atoms with van der Waals surface area (Å²) in [6, 6.07) is 6.00. The summed E-state index contributed by atoms with van der Waals surface area (Å²) < 4.78 is 10.4. The number of benzene rings is 1. The van der Waals surface area contributed by atoms with Crippen molar-refractivity contribution in [2.45, 2.75) is 26.4 Å². The smallest absolute Gasteiger partial charge is 0.410 e. The molecule has 0 aliphatic carbocycles. The summed E-state index contributed by atoms with van der Waals surface area (Å²) in [5.74, 6) is 0.151. The summed E-state index contributed by atoms with van der Waals surface area (Å²) in [6.45, 7) is 6.80. The van der Waals surface area contributed by atoms with E-state index >= 15 is 0 Å². The van der Waals surface area contributed by atoms with Crippen molar-refractivity contribution in [3.05, 3.63) is 29.8 Å². The van der Waals surface area contributed by atoms with Gasteiger partial charge in [0.2, 0.25) is 0 Å². The minimum Gasteiger partial charge on any atom is -0.497 e.